The number of aromatic nitrogens is 2. The fourth-order valence-corrected chi connectivity index (χ4v) is 2.28. The average molecular weight is 252 g/mol. The Balaban J connectivity index is 2.13. The van der Waals surface area contributed by atoms with Gasteiger partial charge in [-0.15, -0.1) is 0 Å². The van der Waals surface area contributed by atoms with Gasteiger partial charge in [0.05, 0.1) is 18.8 Å². The van der Waals surface area contributed by atoms with Crippen LogP contribution in [0.25, 0.3) is 16.9 Å². The topological polar surface area (TPSA) is 60.6 Å². The molecule has 0 spiro atoms. The normalized spacial score (nSPS) is 10.8. The Bertz CT molecular complexity index is 753. The van der Waals surface area contributed by atoms with Crippen molar-refractivity contribution in [2.75, 3.05) is 0 Å². The van der Waals surface area contributed by atoms with Gasteiger partial charge in [-0.25, -0.2) is 8.97 Å². The van der Waals surface area contributed by atoms with Crippen LogP contribution in [0.3, 0.4) is 0 Å². The van der Waals surface area contributed by atoms with Gasteiger partial charge in [0.2, 0.25) is 0 Å². The van der Waals surface area contributed by atoms with Crippen LogP contribution < -0.4 is 15.5 Å². The third-order valence-electron chi connectivity index (χ3n) is 3.35. The maximum Gasteiger partial charge on any atom is 0.286 e. The summed E-state index contributed by atoms with van der Waals surface area (Å²) in [5, 5.41) is 5.58. The Morgan fingerprint density at radius 2 is 1.89 bits per heavy atom. The molecule has 0 amide bonds. The highest BCUT2D eigenvalue weighted by atomic mass is 15.1. The van der Waals surface area contributed by atoms with Crippen molar-refractivity contribution in [3.8, 4) is 11.3 Å². The average Bonchev–Trinajstić information content (AvgIpc) is 2.77. The SMILES string of the molecule is Cn1c(-c2ccc(C(N)=[NH2+])cc2)c[n+]2ccccc12. The number of rotatable bonds is 2. The first kappa shape index (κ1) is 11.5. The molecule has 0 aliphatic rings. The molecule has 4 heteroatoms. The summed E-state index contributed by atoms with van der Waals surface area (Å²) in [6.45, 7) is 0. The number of amidine groups is 1. The number of fused-ring (bicyclic) bond motifs is 1. The van der Waals surface area contributed by atoms with Gasteiger partial charge in [0, 0.05) is 11.6 Å². The second-order valence-electron chi connectivity index (χ2n) is 4.57. The zero-order valence-corrected chi connectivity index (χ0v) is 10.7. The summed E-state index contributed by atoms with van der Waals surface area (Å²) >= 11 is 0. The molecule has 4 N–H and O–H groups in total. The first-order valence-electron chi connectivity index (χ1n) is 6.11. The number of pyridine rings is 1. The van der Waals surface area contributed by atoms with E-state index in [-0.39, 0.29) is 0 Å². The summed E-state index contributed by atoms with van der Waals surface area (Å²) in [6.07, 6.45) is 4.15. The first-order chi connectivity index (χ1) is 9.16. The molecule has 0 aliphatic carbocycles. The second kappa shape index (κ2) is 4.24. The van der Waals surface area contributed by atoms with Crippen LogP contribution in [0, 0.1) is 0 Å². The Kier molecular flexibility index (Phi) is 2.56. The Hall–Kier alpha value is -2.62. The minimum atomic E-state index is 0.345. The van der Waals surface area contributed by atoms with Gasteiger partial charge in [-0.05, 0) is 30.3 Å². The van der Waals surface area contributed by atoms with E-state index in [9.17, 15) is 0 Å². The van der Waals surface area contributed by atoms with Gasteiger partial charge >= 0.3 is 0 Å². The zero-order valence-electron chi connectivity index (χ0n) is 10.7. The molecule has 3 rings (SSSR count). The second-order valence-corrected chi connectivity index (χ2v) is 4.57. The number of hydrogen-bond donors (Lipinski definition) is 2. The number of imidazole rings is 1. The maximum absolute atomic E-state index is 5.58. The monoisotopic (exact) mass is 252 g/mol. The molecule has 0 aliphatic heterocycles. The quantitative estimate of drug-likeness (QED) is 0.373. The third-order valence-corrected chi connectivity index (χ3v) is 3.35. The molecule has 0 saturated heterocycles. The maximum atomic E-state index is 5.58. The first-order valence-corrected chi connectivity index (χ1v) is 6.11. The van der Waals surface area contributed by atoms with Crippen LogP contribution in [0.5, 0.6) is 0 Å². The molecular formula is C15H16N4+2. The van der Waals surface area contributed by atoms with Crippen LogP contribution in [0.15, 0.2) is 54.9 Å². The summed E-state index contributed by atoms with van der Waals surface area (Å²) in [7, 11) is 2.06. The molecular weight excluding hydrogens is 236 g/mol. The zero-order chi connectivity index (χ0) is 13.4. The van der Waals surface area contributed by atoms with E-state index in [0.29, 0.717) is 5.84 Å². The van der Waals surface area contributed by atoms with Gasteiger partial charge in [0.1, 0.15) is 6.20 Å². The fourth-order valence-electron chi connectivity index (χ4n) is 2.28. The van der Waals surface area contributed by atoms with Crippen molar-refractivity contribution in [1.29, 1.82) is 0 Å². The molecule has 19 heavy (non-hydrogen) atoms. The summed E-state index contributed by atoms with van der Waals surface area (Å²) in [5.41, 5.74) is 9.86. The van der Waals surface area contributed by atoms with Crippen molar-refractivity contribution in [3.63, 3.8) is 0 Å². The van der Waals surface area contributed by atoms with Crippen molar-refractivity contribution in [1.82, 2.24) is 4.57 Å². The van der Waals surface area contributed by atoms with Crippen molar-refractivity contribution >= 4 is 11.5 Å². The van der Waals surface area contributed by atoms with Crippen LogP contribution in [-0.2, 0) is 7.05 Å². The van der Waals surface area contributed by atoms with Crippen LogP contribution in [0.2, 0.25) is 0 Å². The van der Waals surface area contributed by atoms with Crippen molar-refractivity contribution in [2.24, 2.45) is 12.8 Å². The largest absolute Gasteiger partial charge is 0.287 e. The number of hydrogen-bond acceptors (Lipinski definition) is 0. The summed E-state index contributed by atoms with van der Waals surface area (Å²) in [5.74, 6) is 0.345. The molecule has 2 heterocycles. The summed E-state index contributed by atoms with van der Waals surface area (Å²) < 4.78 is 4.26. The number of nitrogens with zero attached hydrogens (tertiary/aromatic N) is 2. The van der Waals surface area contributed by atoms with E-state index in [1.54, 1.807) is 0 Å². The van der Waals surface area contributed by atoms with Crippen molar-refractivity contribution in [3.05, 3.63) is 60.4 Å². The van der Waals surface area contributed by atoms with Gasteiger partial charge in [0.25, 0.3) is 11.5 Å². The lowest BCUT2D eigenvalue weighted by Crippen LogP contribution is -2.46. The molecule has 0 radical (unpaired) electrons. The van der Waals surface area contributed by atoms with Crippen LogP contribution in [-0.4, -0.2) is 10.4 Å². The Labute approximate surface area is 111 Å². The van der Waals surface area contributed by atoms with Crippen LogP contribution in [0.1, 0.15) is 5.56 Å². The predicted octanol–water partition coefficient (Wildman–Crippen LogP) is -0.105. The lowest BCUT2D eigenvalue weighted by Gasteiger charge is -1.98. The lowest BCUT2D eigenvalue weighted by atomic mass is 10.1. The van der Waals surface area contributed by atoms with E-state index in [2.05, 4.69) is 28.3 Å². The van der Waals surface area contributed by atoms with E-state index < -0.39 is 0 Å². The van der Waals surface area contributed by atoms with Gasteiger partial charge in [-0.2, -0.15) is 0 Å². The highest BCUT2D eigenvalue weighted by Crippen LogP contribution is 2.19. The van der Waals surface area contributed by atoms with Crippen molar-refractivity contribution in [2.45, 2.75) is 0 Å². The molecule has 0 unspecified atom stereocenters. The molecule has 0 fully saturated rings. The highest BCUT2D eigenvalue weighted by Gasteiger charge is 2.15. The third kappa shape index (κ3) is 1.87. The Morgan fingerprint density at radius 1 is 1.16 bits per heavy atom. The van der Waals surface area contributed by atoms with Gasteiger partial charge in [-0.3, -0.25) is 11.1 Å². The highest BCUT2D eigenvalue weighted by molar-refractivity contribution is 5.93. The van der Waals surface area contributed by atoms with E-state index in [1.807, 2.05) is 42.6 Å². The van der Waals surface area contributed by atoms with Crippen molar-refractivity contribution < 1.29 is 9.81 Å². The van der Waals surface area contributed by atoms with Gasteiger partial charge < -0.3 is 0 Å². The molecule has 1 aromatic carbocycles. The van der Waals surface area contributed by atoms with E-state index >= 15 is 0 Å². The predicted molar refractivity (Wildman–Crippen MR) is 74.2 cm³/mol. The van der Waals surface area contributed by atoms with Crippen LogP contribution >= 0.6 is 0 Å². The number of benzene rings is 1. The smallest absolute Gasteiger partial charge is 0.286 e. The van der Waals surface area contributed by atoms with E-state index in [0.717, 1.165) is 22.5 Å². The molecule has 94 valence electrons. The molecule has 0 bridgehead atoms. The molecule has 3 aromatic rings. The molecule has 4 nitrogen and oxygen atoms in total. The molecule has 0 atom stereocenters. The Morgan fingerprint density at radius 3 is 2.53 bits per heavy atom. The summed E-state index contributed by atoms with van der Waals surface area (Å²) in [4.78, 5) is 0. The standard InChI is InChI=1S/C15H15N4/c1-18-13(10-19-9-3-2-4-14(18)19)11-5-7-12(8-6-11)15(16)17/h2-10H,1H3,(H3,16,17)/q+1/p+1. The van der Waals surface area contributed by atoms with Gasteiger partial charge in [-0.1, -0.05) is 6.07 Å². The minimum Gasteiger partial charge on any atom is -0.287 e. The fraction of sp³-hybridized carbons (Fsp3) is 0.0667. The number of aryl methyl sites for hydroxylation is 1. The van der Waals surface area contributed by atoms with Crippen LogP contribution in [0.4, 0.5) is 0 Å². The van der Waals surface area contributed by atoms with E-state index in [1.165, 1.54) is 0 Å². The molecule has 0 saturated carbocycles. The lowest BCUT2D eigenvalue weighted by molar-refractivity contribution is -0.510. The van der Waals surface area contributed by atoms with Gasteiger partial charge in [0.15, 0.2) is 5.69 Å². The van der Waals surface area contributed by atoms with E-state index in [4.69, 9.17) is 11.1 Å². The molecule has 2 aromatic heterocycles. The summed E-state index contributed by atoms with van der Waals surface area (Å²) in [6, 6.07) is 14.1. The minimum absolute atomic E-state index is 0.345. The number of nitrogens with two attached hydrogens (primary N) is 2.